The number of benzene rings is 5. The van der Waals surface area contributed by atoms with Crippen LogP contribution in [-0.4, -0.2) is 38.1 Å². The standard InChI is InChI=1S/C40H42N2O5S/c1-29-38(27-42(2)26-30-11-5-3-6-12-30)46-40(47-39(29)33-19-17-31(28-43)18-20-33)34-23-21-32(22-24-34)37-16-10-9-13-35(37)25-41-48(44,45)36-14-7-4-8-15-36/h3-24,29,38-41,43H,25-28H2,1-2H3/t29-,38+,39+,40+/m0/s1. The van der Waals surface area contributed by atoms with Crippen molar-refractivity contribution in [1.29, 1.82) is 0 Å². The molecular formula is C40H42N2O5S. The molecule has 4 atom stereocenters. The van der Waals surface area contributed by atoms with Crippen LogP contribution in [0.5, 0.6) is 0 Å². The molecular weight excluding hydrogens is 621 g/mol. The van der Waals surface area contributed by atoms with Gasteiger partial charge in [-0.3, -0.25) is 4.90 Å². The van der Waals surface area contributed by atoms with E-state index in [9.17, 15) is 13.5 Å². The lowest BCUT2D eigenvalue weighted by Crippen LogP contribution is -2.43. The van der Waals surface area contributed by atoms with Crippen molar-refractivity contribution in [3.8, 4) is 11.1 Å². The predicted octanol–water partition coefficient (Wildman–Crippen LogP) is 7.25. The van der Waals surface area contributed by atoms with Gasteiger partial charge >= 0.3 is 0 Å². The van der Waals surface area contributed by atoms with Gasteiger partial charge in [0, 0.05) is 31.1 Å². The highest BCUT2D eigenvalue weighted by Crippen LogP contribution is 2.42. The van der Waals surface area contributed by atoms with E-state index in [1.807, 2.05) is 78.9 Å². The van der Waals surface area contributed by atoms with Gasteiger partial charge in [0.15, 0.2) is 6.29 Å². The summed E-state index contributed by atoms with van der Waals surface area (Å²) in [6.07, 6.45) is -0.886. The van der Waals surface area contributed by atoms with Gasteiger partial charge in [-0.05, 0) is 52.6 Å². The minimum Gasteiger partial charge on any atom is -0.392 e. The van der Waals surface area contributed by atoms with Gasteiger partial charge in [0.1, 0.15) is 0 Å². The van der Waals surface area contributed by atoms with Crippen molar-refractivity contribution in [2.45, 2.75) is 50.0 Å². The minimum atomic E-state index is -3.65. The zero-order chi connectivity index (χ0) is 33.5. The van der Waals surface area contributed by atoms with Crippen LogP contribution >= 0.6 is 0 Å². The van der Waals surface area contributed by atoms with Crippen LogP contribution in [0.25, 0.3) is 11.1 Å². The average molecular weight is 663 g/mol. The van der Waals surface area contributed by atoms with Crippen LogP contribution in [0.2, 0.25) is 0 Å². The summed E-state index contributed by atoms with van der Waals surface area (Å²) in [6.45, 7) is 3.87. The maximum atomic E-state index is 12.9. The Balaban J connectivity index is 1.22. The molecule has 0 unspecified atom stereocenters. The lowest BCUT2D eigenvalue weighted by molar-refractivity contribution is -0.276. The van der Waals surface area contributed by atoms with E-state index in [1.54, 1.807) is 30.3 Å². The number of sulfonamides is 1. The monoisotopic (exact) mass is 662 g/mol. The van der Waals surface area contributed by atoms with Crippen molar-refractivity contribution in [2.75, 3.05) is 13.6 Å². The van der Waals surface area contributed by atoms with Crippen molar-refractivity contribution in [2.24, 2.45) is 5.92 Å². The van der Waals surface area contributed by atoms with Gasteiger partial charge in [-0.25, -0.2) is 13.1 Å². The summed E-state index contributed by atoms with van der Waals surface area (Å²) in [6, 6.07) is 42.7. The second-order valence-electron chi connectivity index (χ2n) is 12.4. The van der Waals surface area contributed by atoms with E-state index >= 15 is 0 Å². The lowest BCUT2D eigenvalue weighted by atomic mass is 9.90. The molecule has 0 radical (unpaired) electrons. The minimum absolute atomic E-state index is 0.00558. The fourth-order valence-corrected chi connectivity index (χ4v) is 7.25. The first kappa shape index (κ1) is 33.7. The molecule has 1 heterocycles. The molecule has 0 saturated carbocycles. The summed E-state index contributed by atoms with van der Waals surface area (Å²) in [5.74, 6) is 0.0743. The first-order chi connectivity index (χ1) is 23.3. The topological polar surface area (TPSA) is 88.1 Å². The number of aliphatic hydroxyl groups excluding tert-OH is 1. The molecule has 8 heteroatoms. The Hall–Kier alpha value is -4.15. The fraction of sp³-hybridized carbons (Fsp3) is 0.250. The molecule has 5 aromatic rings. The lowest BCUT2D eigenvalue weighted by Gasteiger charge is -2.42. The zero-order valence-corrected chi connectivity index (χ0v) is 28.1. The van der Waals surface area contributed by atoms with E-state index in [2.05, 4.69) is 47.9 Å². The fourth-order valence-electron chi connectivity index (χ4n) is 6.23. The molecule has 1 aliphatic rings. The molecule has 248 valence electrons. The largest absolute Gasteiger partial charge is 0.392 e. The Bertz CT molecular complexity index is 1870. The van der Waals surface area contributed by atoms with Crippen molar-refractivity contribution in [3.63, 3.8) is 0 Å². The summed E-state index contributed by atoms with van der Waals surface area (Å²) in [5, 5.41) is 9.59. The van der Waals surface area contributed by atoms with Gasteiger partial charge in [-0.15, -0.1) is 0 Å². The first-order valence-electron chi connectivity index (χ1n) is 16.3. The van der Waals surface area contributed by atoms with E-state index in [0.29, 0.717) is 0 Å². The second kappa shape index (κ2) is 15.4. The van der Waals surface area contributed by atoms with Crippen molar-refractivity contribution in [1.82, 2.24) is 9.62 Å². The molecule has 48 heavy (non-hydrogen) atoms. The van der Waals surface area contributed by atoms with Crippen LogP contribution in [-0.2, 0) is 39.2 Å². The molecule has 0 aromatic heterocycles. The molecule has 0 amide bonds. The molecule has 2 N–H and O–H groups in total. The van der Waals surface area contributed by atoms with E-state index in [-0.39, 0.29) is 36.2 Å². The maximum Gasteiger partial charge on any atom is 0.240 e. The van der Waals surface area contributed by atoms with Gasteiger partial charge in [0.2, 0.25) is 10.0 Å². The first-order valence-corrected chi connectivity index (χ1v) is 17.7. The number of hydrogen-bond donors (Lipinski definition) is 2. The zero-order valence-electron chi connectivity index (χ0n) is 27.3. The van der Waals surface area contributed by atoms with E-state index in [0.717, 1.165) is 46.5 Å². The van der Waals surface area contributed by atoms with Crippen LogP contribution < -0.4 is 4.72 Å². The third-order valence-electron chi connectivity index (χ3n) is 8.93. The van der Waals surface area contributed by atoms with Crippen LogP contribution in [0.1, 0.15) is 47.1 Å². The Kier molecular flexibility index (Phi) is 10.8. The number of rotatable bonds is 12. The highest BCUT2D eigenvalue weighted by atomic mass is 32.2. The van der Waals surface area contributed by atoms with E-state index in [4.69, 9.17) is 9.47 Å². The van der Waals surface area contributed by atoms with Crippen LogP contribution in [0.3, 0.4) is 0 Å². The smallest absolute Gasteiger partial charge is 0.240 e. The number of aliphatic hydroxyl groups is 1. The molecule has 6 rings (SSSR count). The molecule has 1 aliphatic heterocycles. The molecule has 5 aromatic carbocycles. The Morgan fingerprint density at radius 3 is 2.04 bits per heavy atom. The molecule has 1 fully saturated rings. The second-order valence-corrected chi connectivity index (χ2v) is 14.2. The van der Waals surface area contributed by atoms with Crippen LogP contribution in [0, 0.1) is 5.92 Å². The van der Waals surface area contributed by atoms with Crippen molar-refractivity contribution >= 4 is 10.0 Å². The van der Waals surface area contributed by atoms with Crippen molar-refractivity contribution in [3.05, 3.63) is 161 Å². The average Bonchev–Trinajstić information content (AvgIpc) is 3.13. The molecule has 1 saturated heterocycles. The van der Waals surface area contributed by atoms with E-state index in [1.165, 1.54) is 5.56 Å². The van der Waals surface area contributed by atoms with Gasteiger partial charge in [-0.1, -0.05) is 128 Å². The summed E-state index contributed by atoms with van der Waals surface area (Å²) in [5.41, 5.74) is 6.84. The molecule has 0 aliphatic carbocycles. The number of nitrogens with one attached hydrogen (secondary N) is 1. The van der Waals surface area contributed by atoms with E-state index < -0.39 is 16.3 Å². The SMILES string of the molecule is C[C@H]1[C@@H](CN(C)Cc2ccccc2)O[C@@H](c2ccc(-c3ccccc3CNS(=O)(=O)c3ccccc3)cc2)O[C@H]1c1ccc(CO)cc1. The molecule has 0 spiro atoms. The van der Waals surface area contributed by atoms with Gasteiger partial charge in [-0.2, -0.15) is 0 Å². The summed E-state index contributed by atoms with van der Waals surface area (Å²) >= 11 is 0. The van der Waals surface area contributed by atoms with Gasteiger partial charge in [0.05, 0.1) is 23.7 Å². The van der Waals surface area contributed by atoms with Crippen LogP contribution in [0.4, 0.5) is 0 Å². The molecule has 0 bridgehead atoms. The third-order valence-corrected chi connectivity index (χ3v) is 10.3. The highest BCUT2D eigenvalue weighted by Gasteiger charge is 2.38. The number of hydrogen-bond acceptors (Lipinski definition) is 6. The van der Waals surface area contributed by atoms with Crippen molar-refractivity contribution < 1.29 is 23.0 Å². The summed E-state index contributed by atoms with van der Waals surface area (Å²) < 4.78 is 41.9. The maximum absolute atomic E-state index is 12.9. The normalized spacial score (nSPS) is 19.8. The van der Waals surface area contributed by atoms with Gasteiger partial charge < -0.3 is 14.6 Å². The third kappa shape index (κ3) is 8.10. The summed E-state index contributed by atoms with van der Waals surface area (Å²) in [4.78, 5) is 2.53. The van der Waals surface area contributed by atoms with Crippen LogP contribution in [0.15, 0.2) is 138 Å². The summed E-state index contributed by atoms with van der Waals surface area (Å²) in [7, 11) is -1.53. The number of nitrogens with zero attached hydrogens (tertiary/aromatic N) is 1. The molecule has 7 nitrogen and oxygen atoms in total. The predicted molar refractivity (Wildman–Crippen MR) is 188 cm³/mol. The quantitative estimate of drug-likeness (QED) is 0.146. The number of ether oxygens (including phenoxy) is 2. The highest BCUT2D eigenvalue weighted by molar-refractivity contribution is 7.89. The Morgan fingerprint density at radius 1 is 0.729 bits per heavy atom. The Labute approximate surface area is 283 Å². The Morgan fingerprint density at radius 2 is 1.35 bits per heavy atom. The van der Waals surface area contributed by atoms with Gasteiger partial charge in [0.25, 0.3) is 0 Å². The number of likely N-dealkylation sites (N-methyl/N-ethyl adjacent to an activating group) is 1.